The number of amides is 4. The van der Waals surface area contributed by atoms with Gasteiger partial charge in [0.05, 0.1) is 17.4 Å². The fourth-order valence-corrected chi connectivity index (χ4v) is 5.21. The zero-order valence-corrected chi connectivity index (χ0v) is 23.4. The average molecular weight is 607 g/mol. The second-order valence-corrected chi connectivity index (χ2v) is 10.5. The summed E-state index contributed by atoms with van der Waals surface area (Å²) in [6.45, 7) is -0.0847. The molecule has 0 aliphatic carbocycles. The predicted octanol–water partition coefficient (Wildman–Crippen LogP) is 4.86. The van der Waals surface area contributed by atoms with Crippen LogP contribution in [0.5, 0.6) is 0 Å². The van der Waals surface area contributed by atoms with E-state index in [9.17, 15) is 32.3 Å². The number of rotatable bonds is 9. The Labute approximate surface area is 251 Å². The topological polar surface area (TPSA) is 117 Å². The zero-order valence-electron chi connectivity index (χ0n) is 23.4. The highest BCUT2D eigenvalue weighted by molar-refractivity contribution is 6.19. The third-order valence-corrected chi connectivity index (χ3v) is 7.38. The van der Waals surface area contributed by atoms with Crippen LogP contribution in [0.15, 0.2) is 89.9 Å². The van der Waals surface area contributed by atoms with E-state index in [-0.39, 0.29) is 13.0 Å². The van der Waals surface area contributed by atoms with Gasteiger partial charge >= 0.3 is 12.3 Å². The Kier molecular flexibility index (Phi) is 9.07. The van der Waals surface area contributed by atoms with E-state index in [4.69, 9.17) is 4.74 Å². The second kappa shape index (κ2) is 13.1. The third-order valence-electron chi connectivity index (χ3n) is 7.38. The van der Waals surface area contributed by atoms with Crippen molar-refractivity contribution in [3.63, 3.8) is 0 Å². The summed E-state index contributed by atoms with van der Waals surface area (Å²) in [5.41, 5.74) is 2.89. The van der Waals surface area contributed by atoms with E-state index in [2.05, 4.69) is 15.6 Å². The maximum Gasteiger partial charge on any atom is 0.416 e. The molecular formula is C32H29F3N4O5. The van der Waals surface area contributed by atoms with Gasteiger partial charge in [-0.3, -0.25) is 14.4 Å². The summed E-state index contributed by atoms with van der Waals surface area (Å²) in [5.74, 6) is -4.04. The summed E-state index contributed by atoms with van der Waals surface area (Å²) < 4.78 is 44.9. The lowest BCUT2D eigenvalue weighted by Crippen LogP contribution is -2.47. The number of benzodiazepines with no additional fused rings is 1. The van der Waals surface area contributed by atoms with Crippen LogP contribution in [0.2, 0.25) is 0 Å². The van der Waals surface area contributed by atoms with Gasteiger partial charge in [0.1, 0.15) is 6.61 Å². The molecule has 9 nitrogen and oxygen atoms in total. The average Bonchev–Trinajstić information content (AvgIpc) is 3.30. The second-order valence-electron chi connectivity index (χ2n) is 10.5. The molecule has 2 aliphatic heterocycles. The first-order valence-electron chi connectivity index (χ1n) is 14.0. The van der Waals surface area contributed by atoms with Crippen molar-refractivity contribution in [1.29, 1.82) is 0 Å². The molecule has 1 fully saturated rings. The van der Waals surface area contributed by atoms with Crippen LogP contribution in [-0.2, 0) is 25.5 Å². The highest BCUT2D eigenvalue weighted by atomic mass is 19.4. The van der Waals surface area contributed by atoms with Crippen LogP contribution >= 0.6 is 0 Å². The number of ether oxygens (including phenoxy) is 1. The van der Waals surface area contributed by atoms with Crippen molar-refractivity contribution in [3.8, 4) is 0 Å². The fourth-order valence-electron chi connectivity index (χ4n) is 5.21. The van der Waals surface area contributed by atoms with Crippen molar-refractivity contribution in [2.75, 3.05) is 11.9 Å². The first kappa shape index (κ1) is 30.5. The van der Waals surface area contributed by atoms with Crippen LogP contribution in [0.3, 0.4) is 0 Å². The number of nitrogens with zero attached hydrogens (tertiary/aromatic N) is 2. The number of hydrogen-bond acceptors (Lipinski definition) is 6. The number of carbonyl (C=O) groups excluding carboxylic acids is 4. The monoisotopic (exact) mass is 606 g/mol. The summed E-state index contributed by atoms with van der Waals surface area (Å²) in [7, 11) is 0. The molecule has 3 unspecified atom stereocenters. The molecule has 2 aliphatic rings. The van der Waals surface area contributed by atoms with Gasteiger partial charge in [0, 0.05) is 29.9 Å². The van der Waals surface area contributed by atoms with E-state index in [0.29, 0.717) is 22.5 Å². The molecule has 12 heteroatoms. The van der Waals surface area contributed by atoms with Crippen molar-refractivity contribution in [2.45, 2.75) is 44.1 Å². The molecule has 2 heterocycles. The Morgan fingerprint density at radius 3 is 2.34 bits per heavy atom. The number of alkyl halides is 3. The van der Waals surface area contributed by atoms with Crippen LogP contribution in [0.1, 0.15) is 36.0 Å². The van der Waals surface area contributed by atoms with Crippen LogP contribution in [0.25, 0.3) is 0 Å². The van der Waals surface area contributed by atoms with E-state index >= 15 is 0 Å². The number of para-hydroxylation sites is 1. The van der Waals surface area contributed by atoms with E-state index in [1.54, 1.807) is 66.7 Å². The fraction of sp³-hybridized carbons (Fsp3) is 0.281. The first-order chi connectivity index (χ1) is 21.1. The molecule has 3 aromatic carbocycles. The van der Waals surface area contributed by atoms with E-state index < -0.39 is 67.4 Å². The van der Waals surface area contributed by atoms with Crippen molar-refractivity contribution in [1.82, 2.24) is 10.2 Å². The smallest absolute Gasteiger partial charge is 0.416 e. The molecule has 4 amide bonds. The lowest BCUT2D eigenvalue weighted by Gasteiger charge is -2.24. The molecular weight excluding hydrogens is 577 g/mol. The van der Waals surface area contributed by atoms with Gasteiger partial charge < -0.3 is 15.4 Å². The quantitative estimate of drug-likeness (QED) is 0.361. The van der Waals surface area contributed by atoms with Crippen LogP contribution < -0.4 is 10.6 Å². The molecule has 5 rings (SSSR count). The minimum absolute atomic E-state index is 0.0847. The number of carbonyl (C=O) groups is 4. The summed E-state index contributed by atoms with van der Waals surface area (Å²) in [6.07, 6.45) is -9.55. The number of cyclic esters (lactones) is 1. The van der Waals surface area contributed by atoms with Crippen LogP contribution in [0, 0.1) is 5.92 Å². The molecule has 2 N–H and O–H groups in total. The number of halogens is 3. The molecule has 1 saturated heterocycles. The van der Waals surface area contributed by atoms with E-state index in [0.717, 1.165) is 10.5 Å². The van der Waals surface area contributed by atoms with E-state index in [1.807, 2.05) is 18.2 Å². The number of nitrogens with one attached hydrogen (secondary N) is 2. The minimum Gasteiger partial charge on any atom is -0.447 e. The first-order valence-corrected chi connectivity index (χ1v) is 14.0. The summed E-state index contributed by atoms with van der Waals surface area (Å²) in [6, 6.07) is 24.1. The molecule has 0 spiro atoms. The Morgan fingerprint density at radius 1 is 0.977 bits per heavy atom. The molecule has 3 aromatic rings. The maximum atomic E-state index is 13.5. The molecule has 0 radical (unpaired) electrons. The molecule has 0 bridgehead atoms. The van der Waals surface area contributed by atoms with Crippen LogP contribution in [-0.4, -0.2) is 59.4 Å². The lowest BCUT2D eigenvalue weighted by molar-refractivity contribution is -0.145. The Hall–Kier alpha value is -5.00. The third kappa shape index (κ3) is 7.31. The summed E-state index contributed by atoms with van der Waals surface area (Å²) in [5, 5.41) is 5.15. The minimum atomic E-state index is -4.61. The standard InChI is InChI=1S/C32H29F3N4O5/c33-32(34,35)16-15-22(18-26(40)39-23(19-44-31(39)43)17-20-9-3-1-4-10-20)29(41)38-28-30(42)36-25-14-8-7-13-24(25)27(37-28)21-11-5-2-6-12-21/h1-14,22-23,28H,15-19H2,(H,36,42)(H,38,41). The van der Waals surface area contributed by atoms with Crippen molar-refractivity contribution >= 4 is 35.2 Å². The highest BCUT2D eigenvalue weighted by Crippen LogP contribution is 2.28. The number of fused-ring (bicyclic) bond motifs is 1. The van der Waals surface area contributed by atoms with Gasteiger partial charge in [-0.15, -0.1) is 0 Å². The van der Waals surface area contributed by atoms with Gasteiger partial charge in [0.25, 0.3) is 5.91 Å². The van der Waals surface area contributed by atoms with Gasteiger partial charge in [-0.25, -0.2) is 14.7 Å². The van der Waals surface area contributed by atoms with Crippen molar-refractivity contribution in [3.05, 3.63) is 102 Å². The summed E-state index contributed by atoms with van der Waals surface area (Å²) in [4.78, 5) is 57.9. The molecule has 3 atom stereocenters. The number of benzene rings is 3. The highest BCUT2D eigenvalue weighted by Gasteiger charge is 2.41. The molecule has 0 aromatic heterocycles. The van der Waals surface area contributed by atoms with Gasteiger partial charge in [0.15, 0.2) is 0 Å². The number of aliphatic imine (C=N–C) groups is 1. The van der Waals surface area contributed by atoms with E-state index in [1.165, 1.54) is 0 Å². The SMILES string of the molecule is O=C(NC1N=C(c2ccccc2)c2ccccc2NC1=O)C(CCC(F)(F)F)CC(=O)N1C(=O)OCC1Cc1ccccc1. The maximum absolute atomic E-state index is 13.5. The van der Waals surface area contributed by atoms with Gasteiger partial charge in [-0.05, 0) is 24.5 Å². The Morgan fingerprint density at radius 2 is 1.64 bits per heavy atom. The number of hydrogen-bond donors (Lipinski definition) is 2. The van der Waals surface area contributed by atoms with Crippen LogP contribution in [0.4, 0.5) is 23.7 Å². The lowest BCUT2D eigenvalue weighted by atomic mass is 9.96. The number of imide groups is 1. The largest absolute Gasteiger partial charge is 0.447 e. The van der Waals surface area contributed by atoms with Gasteiger partial charge in [-0.1, -0.05) is 78.9 Å². The van der Waals surface area contributed by atoms with Gasteiger partial charge in [0.2, 0.25) is 18.0 Å². The Bertz CT molecular complexity index is 1560. The zero-order chi connectivity index (χ0) is 31.3. The van der Waals surface area contributed by atoms with Crippen molar-refractivity contribution in [2.24, 2.45) is 10.9 Å². The normalized spacial score (nSPS) is 18.8. The summed E-state index contributed by atoms with van der Waals surface area (Å²) >= 11 is 0. The predicted molar refractivity (Wildman–Crippen MR) is 155 cm³/mol. The molecule has 0 saturated carbocycles. The number of anilines is 1. The molecule has 228 valence electrons. The molecule has 44 heavy (non-hydrogen) atoms. The Balaban J connectivity index is 1.38. The van der Waals surface area contributed by atoms with Gasteiger partial charge in [-0.2, -0.15) is 13.2 Å². The van der Waals surface area contributed by atoms with Crippen molar-refractivity contribution < 1.29 is 37.1 Å².